The standard InChI is InChI=1S/C16H11ClF5N3OS/c17-8-2-1-7-11(6-23-13(7)12(8)14(20)21)27-25-16-9(19)5-10(15(22)24-16)26-4-3-18/h1-2,5-6,14,23H,3-4H2,(H,24,25). The van der Waals surface area contributed by atoms with Crippen LogP contribution in [0.4, 0.5) is 27.8 Å². The minimum atomic E-state index is -2.78. The maximum absolute atomic E-state index is 14.0. The van der Waals surface area contributed by atoms with E-state index in [0.717, 1.165) is 18.0 Å². The number of alkyl halides is 3. The molecule has 0 amide bonds. The fraction of sp³-hybridized carbons (Fsp3) is 0.188. The highest BCUT2D eigenvalue weighted by Crippen LogP contribution is 2.38. The minimum absolute atomic E-state index is 0.0810. The lowest BCUT2D eigenvalue weighted by Crippen LogP contribution is -2.04. The third-order valence-electron chi connectivity index (χ3n) is 3.51. The van der Waals surface area contributed by atoms with Crippen LogP contribution in [0.3, 0.4) is 0 Å². The van der Waals surface area contributed by atoms with Gasteiger partial charge in [0.25, 0.3) is 12.4 Å². The van der Waals surface area contributed by atoms with Gasteiger partial charge in [-0.15, -0.1) is 0 Å². The number of anilines is 1. The fourth-order valence-corrected chi connectivity index (χ4v) is 3.33. The molecular weight excluding hydrogens is 413 g/mol. The summed E-state index contributed by atoms with van der Waals surface area (Å²) >= 11 is 6.65. The summed E-state index contributed by atoms with van der Waals surface area (Å²) in [5.74, 6) is -2.97. The van der Waals surface area contributed by atoms with Crippen molar-refractivity contribution in [1.82, 2.24) is 9.97 Å². The molecule has 11 heteroatoms. The van der Waals surface area contributed by atoms with Crippen LogP contribution in [0.15, 0.2) is 29.3 Å². The first-order valence-electron chi connectivity index (χ1n) is 7.47. The van der Waals surface area contributed by atoms with Crippen molar-refractivity contribution in [1.29, 1.82) is 0 Å². The first-order chi connectivity index (χ1) is 12.9. The van der Waals surface area contributed by atoms with E-state index in [0.29, 0.717) is 10.3 Å². The largest absolute Gasteiger partial charge is 0.486 e. The van der Waals surface area contributed by atoms with Crippen LogP contribution in [0, 0.1) is 11.8 Å². The van der Waals surface area contributed by atoms with Crippen LogP contribution in [0.2, 0.25) is 5.02 Å². The molecule has 2 heterocycles. The Kier molecular flexibility index (Phi) is 5.95. The summed E-state index contributed by atoms with van der Waals surface area (Å²) in [5.41, 5.74) is -0.192. The molecule has 0 radical (unpaired) electrons. The van der Waals surface area contributed by atoms with Gasteiger partial charge in [-0.1, -0.05) is 17.7 Å². The van der Waals surface area contributed by atoms with Crippen molar-refractivity contribution >= 4 is 40.3 Å². The molecule has 3 rings (SSSR count). The minimum Gasteiger partial charge on any atom is -0.486 e. The molecule has 4 nitrogen and oxygen atoms in total. The van der Waals surface area contributed by atoms with Crippen molar-refractivity contribution in [3.05, 3.63) is 46.7 Å². The van der Waals surface area contributed by atoms with Crippen LogP contribution in [0.25, 0.3) is 10.9 Å². The van der Waals surface area contributed by atoms with Crippen molar-refractivity contribution in [2.24, 2.45) is 0 Å². The number of rotatable bonds is 7. The van der Waals surface area contributed by atoms with E-state index in [2.05, 4.69) is 14.7 Å². The fourth-order valence-electron chi connectivity index (χ4n) is 2.34. The van der Waals surface area contributed by atoms with Crippen LogP contribution in [-0.2, 0) is 0 Å². The average molecular weight is 424 g/mol. The zero-order valence-corrected chi connectivity index (χ0v) is 14.9. The van der Waals surface area contributed by atoms with Crippen LogP contribution < -0.4 is 9.46 Å². The molecule has 2 N–H and O–H groups in total. The van der Waals surface area contributed by atoms with E-state index in [1.165, 1.54) is 18.3 Å². The van der Waals surface area contributed by atoms with Gasteiger partial charge in [0.1, 0.15) is 13.3 Å². The van der Waals surface area contributed by atoms with Crippen LogP contribution in [-0.4, -0.2) is 23.2 Å². The van der Waals surface area contributed by atoms with Crippen molar-refractivity contribution in [2.45, 2.75) is 11.3 Å². The molecule has 1 aromatic carbocycles. The number of benzene rings is 1. The molecule has 0 spiro atoms. The normalized spacial score (nSPS) is 11.4. The molecule has 0 saturated heterocycles. The summed E-state index contributed by atoms with van der Waals surface area (Å²) in [5, 5.41) is 0.346. The van der Waals surface area contributed by atoms with Gasteiger partial charge in [0.2, 0.25) is 0 Å². The molecule has 2 aromatic heterocycles. The number of nitrogens with one attached hydrogen (secondary N) is 2. The second-order valence-electron chi connectivity index (χ2n) is 5.19. The van der Waals surface area contributed by atoms with Gasteiger partial charge in [0.15, 0.2) is 17.4 Å². The Balaban J connectivity index is 1.83. The summed E-state index contributed by atoms with van der Waals surface area (Å²) in [6.07, 6.45) is -1.35. The monoisotopic (exact) mass is 423 g/mol. The number of fused-ring (bicyclic) bond motifs is 1. The van der Waals surface area contributed by atoms with Gasteiger partial charge in [-0.3, -0.25) is 0 Å². The highest BCUT2D eigenvalue weighted by Gasteiger charge is 2.19. The lowest BCUT2D eigenvalue weighted by Gasteiger charge is -2.09. The maximum atomic E-state index is 14.0. The molecule has 0 fully saturated rings. The molecule has 0 aliphatic carbocycles. The zero-order chi connectivity index (χ0) is 19.6. The quantitative estimate of drug-likeness (QED) is 0.282. The first-order valence-corrected chi connectivity index (χ1v) is 8.67. The lowest BCUT2D eigenvalue weighted by atomic mass is 10.1. The van der Waals surface area contributed by atoms with E-state index in [4.69, 9.17) is 16.3 Å². The molecule has 144 valence electrons. The highest BCUT2D eigenvalue weighted by atomic mass is 35.5. The average Bonchev–Trinajstić information content (AvgIpc) is 3.03. The van der Waals surface area contributed by atoms with Crippen molar-refractivity contribution in [3.63, 3.8) is 0 Å². The van der Waals surface area contributed by atoms with Gasteiger partial charge < -0.3 is 14.4 Å². The van der Waals surface area contributed by atoms with E-state index >= 15 is 0 Å². The number of H-pyrrole nitrogens is 1. The Morgan fingerprint density at radius 3 is 2.78 bits per heavy atom. The number of nitrogens with zero attached hydrogens (tertiary/aromatic N) is 1. The molecule has 0 aliphatic heterocycles. The summed E-state index contributed by atoms with van der Waals surface area (Å²) in [4.78, 5) is 6.54. The Bertz CT molecular complexity index is 969. The molecule has 27 heavy (non-hydrogen) atoms. The predicted octanol–water partition coefficient (Wildman–Crippen LogP) is 5.90. The van der Waals surface area contributed by atoms with Crippen molar-refractivity contribution in [2.75, 3.05) is 18.0 Å². The molecule has 0 aliphatic rings. The van der Waals surface area contributed by atoms with Gasteiger partial charge >= 0.3 is 0 Å². The van der Waals surface area contributed by atoms with E-state index in [-0.39, 0.29) is 16.1 Å². The zero-order valence-electron chi connectivity index (χ0n) is 13.3. The van der Waals surface area contributed by atoms with Crippen LogP contribution in [0.1, 0.15) is 12.0 Å². The van der Waals surface area contributed by atoms with Gasteiger partial charge in [-0.25, -0.2) is 17.6 Å². The number of hydrogen-bond acceptors (Lipinski definition) is 4. The Morgan fingerprint density at radius 1 is 1.30 bits per heavy atom. The van der Waals surface area contributed by atoms with E-state index in [1.807, 2.05) is 0 Å². The number of hydrogen-bond donors (Lipinski definition) is 2. The molecular formula is C16H11ClF5N3OS. The molecule has 0 saturated carbocycles. The Labute approximate surface area is 159 Å². The smallest absolute Gasteiger partial charge is 0.267 e. The van der Waals surface area contributed by atoms with Crippen LogP contribution in [0.5, 0.6) is 5.75 Å². The van der Waals surface area contributed by atoms with Crippen molar-refractivity contribution < 1.29 is 26.7 Å². The molecule has 0 bridgehead atoms. The van der Waals surface area contributed by atoms with E-state index in [9.17, 15) is 22.0 Å². The van der Waals surface area contributed by atoms with Crippen LogP contribution >= 0.6 is 23.5 Å². The summed E-state index contributed by atoms with van der Waals surface area (Å²) in [7, 11) is 0. The third-order valence-corrected chi connectivity index (χ3v) is 4.70. The molecule has 0 atom stereocenters. The molecule has 3 aromatic rings. The first kappa shape index (κ1) is 19.6. The Hall–Kier alpha value is -2.20. The second kappa shape index (κ2) is 8.22. The number of aromatic nitrogens is 2. The number of pyridine rings is 1. The number of aromatic amines is 1. The highest BCUT2D eigenvalue weighted by molar-refractivity contribution is 8.00. The molecule has 0 unspecified atom stereocenters. The van der Waals surface area contributed by atoms with Gasteiger partial charge in [-0.2, -0.15) is 9.37 Å². The van der Waals surface area contributed by atoms with Gasteiger partial charge in [0, 0.05) is 17.6 Å². The lowest BCUT2D eigenvalue weighted by molar-refractivity contribution is 0.153. The second-order valence-corrected chi connectivity index (χ2v) is 6.44. The topological polar surface area (TPSA) is 49.9 Å². The van der Waals surface area contributed by atoms with E-state index in [1.54, 1.807) is 0 Å². The number of halogens is 6. The third kappa shape index (κ3) is 4.06. The maximum Gasteiger partial charge on any atom is 0.267 e. The SMILES string of the molecule is FCCOc1cc(F)c(NSc2c[nH]c3c(C(F)F)c(Cl)ccc23)nc1F. The van der Waals surface area contributed by atoms with Gasteiger partial charge in [-0.05, 0) is 18.0 Å². The summed E-state index contributed by atoms with van der Waals surface area (Å²) < 4.78 is 73.4. The van der Waals surface area contributed by atoms with Crippen molar-refractivity contribution in [3.8, 4) is 5.75 Å². The number of ether oxygens (including phenoxy) is 1. The summed E-state index contributed by atoms with van der Waals surface area (Å²) in [6.45, 7) is -1.29. The Morgan fingerprint density at radius 2 is 2.07 bits per heavy atom. The predicted molar refractivity (Wildman–Crippen MR) is 93.4 cm³/mol. The summed E-state index contributed by atoms with van der Waals surface area (Å²) in [6, 6.07) is 3.60. The van der Waals surface area contributed by atoms with Gasteiger partial charge in [0.05, 0.1) is 21.0 Å². The van der Waals surface area contributed by atoms with E-state index < -0.39 is 43.0 Å².